The molecule has 0 bridgehead atoms. The highest BCUT2D eigenvalue weighted by Crippen LogP contribution is 2.27. The number of thiol groups is 1. The summed E-state index contributed by atoms with van der Waals surface area (Å²) in [5, 5.41) is 0. The highest BCUT2D eigenvalue weighted by molar-refractivity contribution is 7.80. The van der Waals surface area contributed by atoms with E-state index >= 15 is 0 Å². The molecule has 1 aromatic rings. The number of hydrogen-bond donors (Lipinski definition) is 1. The van der Waals surface area contributed by atoms with Crippen molar-refractivity contribution in [1.82, 2.24) is 9.80 Å². The molecule has 1 aromatic carbocycles. The first kappa shape index (κ1) is 23.3. The molecule has 2 aliphatic heterocycles. The molecular formula is C24H39N3O2S. The Labute approximate surface area is 188 Å². The molecule has 0 unspecified atom stereocenters. The Balaban J connectivity index is 1.37. The van der Waals surface area contributed by atoms with Gasteiger partial charge in [-0.05, 0) is 76.6 Å². The van der Waals surface area contributed by atoms with E-state index in [4.69, 9.17) is 17.4 Å². The predicted molar refractivity (Wildman–Crippen MR) is 127 cm³/mol. The highest BCUT2D eigenvalue weighted by atomic mass is 32.1. The van der Waals surface area contributed by atoms with Crippen LogP contribution in [0.3, 0.4) is 0 Å². The van der Waals surface area contributed by atoms with Crippen LogP contribution in [0.25, 0.3) is 0 Å². The fraction of sp³-hybridized carbons (Fsp3) is 0.708. The van der Waals surface area contributed by atoms with Gasteiger partial charge < -0.3 is 14.5 Å². The van der Waals surface area contributed by atoms with E-state index in [1.54, 1.807) is 0 Å². The number of anilines is 1. The van der Waals surface area contributed by atoms with Crippen molar-refractivity contribution < 1.29 is 9.53 Å². The third-order valence-corrected chi connectivity index (χ3v) is 6.64. The monoisotopic (exact) mass is 433 g/mol. The minimum absolute atomic E-state index is 0.160. The van der Waals surface area contributed by atoms with Gasteiger partial charge in [0.05, 0.1) is 5.69 Å². The van der Waals surface area contributed by atoms with Crippen molar-refractivity contribution in [2.75, 3.05) is 50.7 Å². The molecule has 6 heteroatoms. The van der Waals surface area contributed by atoms with Crippen molar-refractivity contribution in [3.8, 4) is 0 Å². The standard InChI is InChI=1S/C24H39N3O2S/c1-5-19-6-7-21(22(30)18-19)26-16-14-25(15-17-26)11-8-20-9-12-27(13-10-20)23(28)29-24(2,3)4/h6-7,18,20,30H,5,8-17H2,1-4H3. The lowest BCUT2D eigenvalue weighted by Gasteiger charge is -2.38. The Bertz CT molecular complexity index is 703. The van der Waals surface area contributed by atoms with Gasteiger partial charge in [-0.15, -0.1) is 12.6 Å². The first-order valence-corrected chi connectivity index (χ1v) is 12.0. The molecule has 2 aliphatic rings. The van der Waals surface area contributed by atoms with E-state index < -0.39 is 5.60 Å². The van der Waals surface area contributed by atoms with Gasteiger partial charge in [-0.2, -0.15) is 0 Å². The summed E-state index contributed by atoms with van der Waals surface area (Å²) in [5.74, 6) is 0.715. The fourth-order valence-corrected chi connectivity index (χ4v) is 4.75. The summed E-state index contributed by atoms with van der Waals surface area (Å²) in [6, 6.07) is 6.66. The van der Waals surface area contributed by atoms with Crippen LogP contribution in [0.2, 0.25) is 0 Å². The normalized spacial score (nSPS) is 19.2. The average molecular weight is 434 g/mol. The van der Waals surface area contributed by atoms with Crippen LogP contribution in [-0.2, 0) is 11.2 Å². The van der Waals surface area contributed by atoms with Crippen LogP contribution in [0.1, 0.15) is 52.5 Å². The first-order chi connectivity index (χ1) is 14.2. The number of carbonyl (C=O) groups is 1. The second kappa shape index (κ2) is 10.3. The summed E-state index contributed by atoms with van der Waals surface area (Å²) in [5.41, 5.74) is 2.20. The number of likely N-dealkylation sites (tertiary alicyclic amines) is 1. The second-order valence-corrected chi connectivity index (χ2v) is 10.2. The van der Waals surface area contributed by atoms with Gasteiger partial charge >= 0.3 is 6.09 Å². The van der Waals surface area contributed by atoms with Crippen LogP contribution in [0.5, 0.6) is 0 Å². The minimum atomic E-state index is -0.415. The van der Waals surface area contributed by atoms with E-state index in [1.807, 2.05) is 25.7 Å². The molecule has 0 aliphatic carbocycles. The number of nitrogens with zero attached hydrogens (tertiary/aromatic N) is 3. The molecular weight excluding hydrogens is 394 g/mol. The topological polar surface area (TPSA) is 36.0 Å². The number of amides is 1. The SMILES string of the molecule is CCc1ccc(N2CCN(CCC3CCN(C(=O)OC(C)(C)C)CC3)CC2)c(S)c1. The van der Waals surface area contributed by atoms with Crippen LogP contribution in [0.15, 0.2) is 23.1 Å². The first-order valence-electron chi connectivity index (χ1n) is 11.5. The number of hydrogen-bond acceptors (Lipinski definition) is 5. The van der Waals surface area contributed by atoms with E-state index in [-0.39, 0.29) is 6.09 Å². The van der Waals surface area contributed by atoms with Gasteiger partial charge in [0.25, 0.3) is 0 Å². The molecule has 0 atom stereocenters. The summed E-state index contributed by atoms with van der Waals surface area (Å²) < 4.78 is 5.50. The Morgan fingerprint density at radius 1 is 1.10 bits per heavy atom. The lowest BCUT2D eigenvalue weighted by atomic mass is 9.93. The number of piperidine rings is 1. The maximum Gasteiger partial charge on any atom is 0.410 e. The molecule has 2 fully saturated rings. The van der Waals surface area contributed by atoms with Gasteiger partial charge in [0, 0.05) is 44.2 Å². The number of piperazine rings is 1. The van der Waals surface area contributed by atoms with Gasteiger partial charge in [0.1, 0.15) is 5.60 Å². The Morgan fingerprint density at radius 3 is 2.33 bits per heavy atom. The zero-order chi connectivity index (χ0) is 21.7. The summed E-state index contributed by atoms with van der Waals surface area (Å²) in [4.78, 5) is 20.3. The predicted octanol–water partition coefficient (Wildman–Crippen LogP) is 4.70. The van der Waals surface area contributed by atoms with Crippen molar-refractivity contribution >= 4 is 24.4 Å². The molecule has 2 heterocycles. The molecule has 168 valence electrons. The molecule has 0 saturated carbocycles. The summed E-state index contributed by atoms with van der Waals surface area (Å²) in [6.45, 7) is 15.1. The minimum Gasteiger partial charge on any atom is -0.444 e. The Morgan fingerprint density at radius 2 is 1.77 bits per heavy atom. The van der Waals surface area contributed by atoms with E-state index in [9.17, 15) is 4.79 Å². The summed E-state index contributed by atoms with van der Waals surface area (Å²) in [7, 11) is 0. The average Bonchev–Trinajstić information content (AvgIpc) is 2.72. The molecule has 1 amide bonds. The van der Waals surface area contributed by atoms with Gasteiger partial charge in [0.2, 0.25) is 0 Å². The molecule has 0 N–H and O–H groups in total. The van der Waals surface area contributed by atoms with Crippen LogP contribution in [-0.4, -0.2) is 67.3 Å². The van der Waals surface area contributed by atoms with Crippen molar-refractivity contribution in [3.05, 3.63) is 23.8 Å². The molecule has 0 spiro atoms. The van der Waals surface area contributed by atoms with Crippen molar-refractivity contribution in [1.29, 1.82) is 0 Å². The maximum absolute atomic E-state index is 12.2. The fourth-order valence-electron chi connectivity index (χ4n) is 4.36. The lowest BCUT2D eigenvalue weighted by Crippen LogP contribution is -2.47. The summed E-state index contributed by atoms with van der Waals surface area (Å²) in [6.07, 6.45) is 4.30. The van der Waals surface area contributed by atoms with Crippen molar-refractivity contribution in [2.45, 2.75) is 63.9 Å². The number of ether oxygens (including phenoxy) is 1. The van der Waals surface area contributed by atoms with Gasteiger partial charge in [-0.3, -0.25) is 4.90 Å². The number of aryl methyl sites for hydroxylation is 1. The molecule has 0 aromatic heterocycles. The van der Waals surface area contributed by atoms with Crippen LogP contribution in [0, 0.1) is 5.92 Å². The van der Waals surface area contributed by atoms with Crippen LogP contribution >= 0.6 is 12.6 Å². The molecule has 0 radical (unpaired) electrons. The van der Waals surface area contributed by atoms with Crippen LogP contribution in [0.4, 0.5) is 10.5 Å². The van der Waals surface area contributed by atoms with E-state index in [0.717, 1.165) is 70.0 Å². The van der Waals surface area contributed by atoms with Gasteiger partial charge in [0.15, 0.2) is 0 Å². The maximum atomic E-state index is 12.2. The van der Waals surface area contributed by atoms with E-state index in [1.165, 1.54) is 17.7 Å². The zero-order valence-corrected chi connectivity index (χ0v) is 20.1. The number of benzene rings is 1. The van der Waals surface area contributed by atoms with Crippen molar-refractivity contribution in [2.24, 2.45) is 5.92 Å². The highest BCUT2D eigenvalue weighted by Gasteiger charge is 2.27. The lowest BCUT2D eigenvalue weighted by molar-refractivity contribution is 0.0177. The zero-order valence-electron chi connectivity index (χ0n) is 19.2. The van der Waals surface area contributed by atoms with Crippen LogP contribution < -0.4 is 4.90 Å². The van der Waals surface area contributed by atoms with Gasteiger partial charge in [-0.1, -0.05) is 13.0 Å². The second-order valence-electron chi connectivity index (χ2n) is 9.70. The van der Waals surface area contributed by atoms with Crippen molar-refractivity contribution in [3.63, 3.8) is 0 Å². The molecule has 2 saturated heterocycles. The molecule has 5 nitrogen and oxygen atoms in total. The molecule has 3 rings (SSSR count). The quantitative estimate of drug-likeness (QED) is 0.683. The van der Waals surface area contributed by atoms with E-state index in [2.05, 4.69) is 34.9 Å². The molecule has 30 heavy (non-hydrogen) atoms. The largest absolute Gasteiger partial charge is 0.444 e. The Hall–Kier alpha value is -1.40. The smallest absolute Gasteiger partial charge is 0.410 e. The number of rotatable bonds is 5. The van der Waals surface area contributed by atoms with Gasteiger partial charge in [-0.25, -0.2) is 4.79 Å². The van der Waals surface area contributed by atoms with E-state index in [0.29, 0.717) is 5.92 Å². The third-order valence-electron chi connectivity index (χ3n) is 6.28. The summed E-state index contributed by atoms with van der Waals surface area (Å²) >= 11 is 4.72. The third kappa shape index (κ3) is 6.55. The Kier molecular flexibility index (Phi) is 7.97. The number of carbonyl (C=O) groups excluding carboxylic acids is 1.